The van der Waals surface area contributed by atoms with Gasteiger partial charge in [0.15, 0.2) is 0 Å². The van der Waals surface area contributed by atoms with Crippen LogP contribution in [0.3, 0.4) is 0 Å². The fourth-order valence-corrected chi connectivity index (χ4v) is 1.61. The summed E-state index contributed by atoms with van der Waals surface area (Å²) in [6.07, 6.45) is 0.906. The molecule has 0 radical (unpaired) electrons. The van der Waals surface area contributed by atoms with Crippen LogP contribution >= 0.6 is 0 Å². The fraction of sp³-hybridized carbons (Fsp3) is 0.818. The quantitative estimate of drug-likeness (QED) is 0.619. The molecule has 5 heteroatoms. The fourth-order valence-electron chi connectivity index (χ4n) is 1.61. The van der Waals surface area contributed by atoms with Gasteiger partial charge < -0.3 is 15.7 Å². The number of amides is 2. The highest BCUT2D eigenvalue weighted by Gasteiger charge is 2.15. The Morgan fingerprint density at radius 2 is 1.88 bits per heavy atom. The largest absolute Gasteiger partial charge is 0.481 e. The molecule has 94 valence electrons. The lowest BCUT2D eigenvalue weighted by Crippen LogP contribution is -2.38. The van der Waals surface area contributed by atoms with Crippen LogP contribution in [0.5, 0.6) is 0 Å². The zero-order valence-electron chi connectivity index (χ0n) is 10.2. The van der Waals surface area contributed by atoms with Crippen LogP contribution in [0, 0.1) is 11.8 Å². The van der Waals surface area contributed by atoms with Gasteiger partial charge in [-0.05, 0) is 25.2 Å². The lowest BCUT2D eigenvalue weighted by Gasteiger charge is -2.17. The van der Waals surface area contributed by atoms with E-state index in [0.717, 1.165) is 6.42 Å². The summed E-state index contributed by atoms with van der Waals surface area (Å²) in [4.78, 5) is 21.8. The molecule has 0 aliphatic heterocycles. The second-order valence-electron chi connectivity index (χ2n) is 4.33. The van der Waals surface area contributed by atoms with E-state index in [0.29, 0.717) is 19.0 Å². The molecule has 0 aliphatic carbocycles. The summed E-state index contributed by atoms with van der Waals surface area (Å²) in [5.74, 6) is -0.385. The van der Waals surface area contributed by atoms with E-state index in [-0.39, 0.29) is 18.4 Å². The molecule has 2 amide bonds. The Labute approximate surface area is 96.6 Å². The lowest BCUT2D eigenvalue weighted by atomic mass is 9.94. The van der Waals surface area contributed by atoms with E-state index < -0.39 is 5.97 Å². The van der Waals surface area contributed by atoms with Gasteiger partial charge >= 0.3 is 12.0 Å². The van der Waals surface area contributed by atoms with Crippen LogP contribution < -0.4 is 10.6 Å². The van der Waals surface area contributed by atoms with E-state index in [1.54, 1.807) is 0 Å². The molecule has 16 heavy (non-hydrogen) atoms. The van der Waals surface area contributed by atoms with Crippen molar-refractivity contribution < 1.29 is 14.7 Å². The first-order valence-electron chi connectivity index (χ1n) is 5.69. The van der Waals surface area contributed by atoms with Crippen molar-refractivity contribution in [2.75, 3.05) is 13.1 Å². The molecule has 5 nitrogen and oxygen atoms in total. The summed E-state index contributed by atoms with van der Waals surface area (Å²) in [6.45, 7) is 6.90. The molecule has 0 bridgehead atoms. The molecular formula is C11H22N2O3. The molecule has 1 atom stereocenters. The molecule has 0 rings (SSSR count). The second kappa shape index (κ2) is 7.96. The molecule has 0 aliphatic rings. The van der Waals surface area contributed by atoms with Crippen LogP contribution in [0.25, 0.3) is 0 Å². The van der Waals surface area contributed by atoms with Gasteiger partial charge in [-0.1, -0.05) is 13.8 Å². The van der Waals surface area contributed by atoms with Crippen LogP contribution in [0.1, 0.15) is 33.6 Å². The number of urea groups is 1. The van der Waals surface area contributed by atoms with E-state index >= 15 is 0 Å². The summed E-state index contributed by atoms with van der Waals surface area (Å²) in [7, 11) is 0. The molecule has 0 aromatic carbocycles. The molecule has 3 N–H and O–H groups in total. The normalized spacial score (nSPS) is 12.2. The average Bonchev–Trinajstić information content (AvgIpc) is 2.13. The van der Waals surface area contributed by atoms with E-state index in [9.17, 15) is 9.59 Å². The summed E-state index contributed by atoms with van der Waals surface area (Å²) in [5, 5.41) is 14.0. The van der Waals surface area contributed by atoms with Gasteiger partial charge in [0, 0.05) is 19.5 Å². The molecule has 0 aromatic heterocycles. The molecule has 0 heterocycles. The smallest absolute Gasteiger partial charge is 0.314 e. The van der Waals surface area contributed by atoms with Crippen LogP contribution in [0.2, 0.25) is 0 Å². The minimum absolute atomic E-state index is 0.0000983. The Kier molecular flexibility index (Phi) is 7.33. The Bertz CT molecular complexity index is 229. The summed E-state index contributed by atoms with van der Waals surface area (Å²) >= 11 is 0. The van der Waals surface area contributed by atoms with Gasteiger partial charge in [0.25, 0.3) is 0 Å². The maximum atomic E-state index is 11.1. The van der Waals surface area contributed by atoms with Crippen molar-refractivity contribution in [1.82, 2.24) is 10.6 Å². The number of carboxylic acids is 1. The van der Waals surface area contributed by atoms with Gasteiger partial charge in [-0.25, -0.2) is 4.79 Å². The maximum absolute atomic E-state index is 11.1. The number of nitrogens with one attached hydrogen (secondary N) is 2. The number of hydrogen-bond acceptors (Lipinski definition) is 2. The summed E-state index contributed by atoms with van der Waals surface area (Å²) in [6, 6.07) is -0.235. The van der Waals surface area contributed by atoms with Crippen molar-refractivity contribution in [3.8, 4) is 0 Å². The van der Waals surface area contributed by atoms with Crippen molar-refractivity contribution in [2.24, 2.45) is 11.8 Å². The monoisotopic (exact) mass is 230 g/mol. The highest BCUT2D eigenvalue weighted by Crippen LogP contribution is 2.14. The van der Waals surface area contributed by atoms with Crippen LogP contribution in [-0.4, -0.2) is 30.2 Å². The number of rotatable bonds is 7. The highest BCUT2D eigenvalue weighted by atomic mass is 16.4. The number of carbonyl (C=O) groups excluding carboxylic acids is 1. The van der Waals surface area contributed by atoms with Gasteiger partial charge in [-0.2, -0.15) is 0 Å². The molecule has 0 saturated carbocycles. The van der Waals surface area contributed by atoms with Crippen molar-refractivity contribution in [2.45, 2.75) is 33.6 Å². The zero-order valence-corrected chi connectivity index (χ0v) is 10.2. The molecular weight excluding hydrogens is 208 g/mol. The van der Waals surface area contributed by atoms with Crippen LogP contribution in [0.4, 0.5) is 4.79 Å². The Morgan fingerprint density at radius 1 is 1.25 bits per heavy atom. The van der Waals surface area contributed by atoms with Crippen molar-refractivity contribution in [1.29, 1.82) is 0 Å². The van der Waals surface area contributed by atoms with Crippen molar-refractivity contribution in [3.05, 3.63) is 0 Å². The van der Waals surface area contributed by atoms with Crippen molar-refractivity contribution in [3.63, 3.8) is 0 Å². The molecule has 0 saturated heterocycles. The minimum Gasteiger partial charge on any atom is -0.481 e. The van der Waals surface area contributed by atoms with Crippen molar-refractivity contribution >= 4 is 12.0 Å². The number of carbonyl (C=O) groups is 2. The second-order valence-corrected chi connectivity index (χ2v) is 4.33. The predicted molar refractivity (Wildman–Crippen MR) is 62.3 cm³/mol. The SMILES string of the molecule is CCNC(=O)NC[C@H](CC(=O)O)CC(C)C. The van der Waals surface area contributed by atoms with E-state index in [4.69, 9.17) is 5.11 Å². The maximum Gasteiger partial charge on any atom is 0.314 e. The van der Waals surface area contributed by atoms with E-state index in [2.05, 4.69) is 10.6 Å². The number of hydrogen-bond donors (Lipinski definition) is 3. The van der Waals surface area contributed by atoms with E-state index in [1.807, 2.05) is 20.8 Å². The van der Waals surface area contributed by atoms with E-state index in [1.165, 1.54) is 0 Å². The number of carboxylic acid groups (broad SMARTS) is 1. The zero-order chi connectivity index (χ0) is 12.6. The predicted octanol–water partition coefficient (Wildman–Crippen LogP) is 1.44. The topological polar surface area (TPSA) is 78.4 Å². The Balaban J connectivity index is 4.00. The van der Waals surface area contributed by atoms with Gasteiger partial charge in [-0.15, -0.1) is 0 Å². The molecule has 0 unspecified atom stereocenters. The van der Waals surface area contributed by atoms with Gasteiger partial charge in [0.05, 0.1) is 0 Å². The lowest BCUT2D eigenvalue weighted by molar-refractivity contribution is -0.138. The molecule has 0 aromatic rings. The summed E-state index contributed by atoms with van der Waals surface area (Å²) in [5.41, 5.74) is 0. The highest BCUT2D eigenvalue weighted by molar-refractivity contribution is 5.73. The Morgan fingerprint density at radius 3 is 2.31 bits per heavy atom. The molecule has 0 fully saturated rings. The first-order valence-corrected chi connectivity index (χ1v) is 5.69. The standard InChI is InChI=1S/C11H22N2O3/c1-4-12-11(16)13-7-9(5-8(2)3)6-10(14)15/h8-9H,4-7H2,1-3H3,(H,14,15)(H2,12,13,16)/t9-/m0/s1. The van der Waals surface area contributed by atoms with Crippen LogP contribution in [-0.2, 0) is 4.79 Å². The van der Waals surface area contributed by atoms with Gasteiger partial charge in [0.2, 0.25) is 0 Å². The van der Waals surface area contributed by atoms with Crippen LogP contribution in [0.15, 0.2) is 0 Å². The third kappa shape index (κ3) is 8.08. The average molecular weight is 230 g/mol. The number of aliphatic carboxylic acids is 1. The van der Waals surface area contributed by atoms with Gasteiger partial charge in [0.1, 0.15) is 0 Å². The third-order valence-electron chi connectivity index (χ3n) is 2.16. The third-order valence-corrected chi connectivity index (χ3v) is 2.16. The summed E-state index contributed by atoms with van der Waals surface area (Å²) < 4.78 is 0. The minimum atomic E-state index is -0.816. The Hall–Kier alpha value is -1.26. The van der Waals surface area contributed by atoms with Gasteiger partial charge in [-0.3, -0.25) is 4.79 Å². The first kappa shape index (κ1) is 14.7. The first-order chi connectivity index (χ1) is 7.45. The molecule has 0 spiro atoms.